The van der Waals surface area contributed by atoms with E-state index >= 15 is 0 Å². The number of carbonyl (C=O) groups excluding carboxylic acids is 2. The molecule has 3 rings (SSSR count). The molecule has 0 spiro atoms. The lowest BCUT2D eigenvalue weighted by molar-refractivity contribution is -0.385. The molecule has 3 aromatic carbocycles. The predicted molar refractivity (Wildman–Crippen MR) is 151 cm³/mol. The van der Waals surface area contributed by atoms with E-state index in [1.54, 1.807) is 20.8 Å². The molecule has 2 atom stereocenters. The van der Waals surface area contributed by atoms with Gasteiger partial charge in [-0.15, -0.1) is 0 Å². The van der Waals surface area contributed by atoms with Crippen molar-refractivity contribution in [2.45, 2.75) is 56.3 Å². The summed E-state index contributed by atoms with van der Waals surface area (Å²) in [5.74, 6) is -2.58. The van der Waals surface area contributed by atoms with Gasteiger partial charge in [0, 0.05) is 19.6 Å². The molecule has 0 saturated heterocycles. The predicted octanol–water partition coefficient (Wildman–Crippen LogP) is 3.25. The fourth-order valence-corrected chi connectivity index (χ4v) is 5.49. The Morgan fingerprint density at radius 2 is 1.71 bits per heavy atom. The largest absolute Gasteiger partial charge is 0.492 e. The zero-order valence-corrected chi connectivity index (χ0v) is 24.2. The van der Waals surface area contributed by atoms with Gasteiger partial charge in [0.05, 0.1) is 17.6 Å². The number of benzene rings is 3. The molecule has 0 aromatic heterocycles. The maximum Gasteiger partial charge on any atom is 0.340 e. The first-order valence-electron chi connectivity index (χ1n) is 12.6. The van der Waals surface area contributed by atoms with Crippen LogP contribution in [0.4, 0.5) is 5.69 Å². The second kappa shape index (κ2) is 12.2. The number of methoxy groups -OCH3 is 1. The van der Waals surface area contributed by atoms with Gasteiger partial charge in [0.25, 0.3) is 5.69 Å². The van der Waals surface area contributed by atoms with E-state index in [9.17, 15) is 28.1 Å². The number of amides is 1. The van der Waals surface area contributed by atoms with Crippen LogP contribution in [0.1, 0.15) is 33.3 Å². The molecule has 0 fully saturated rings. The van der Waals surface area contributed by atoms with Gasteiger partial charge in [0.1, 0.15) is 22.3 Å². The number of nitro benzene ring substituents is 1. The van der Waals surface area contributed by atoms with Crippen LogP contribution >= 0.6 is 0 Å². The number of fused-ring (bicyclic) bond motifs is 1. The minimum Gasteiger partial charge on any atom is -0.492 e. The third-order valence-electron chi connectivity index (χ3n) is 6.27. The highest BCUT2D eigenvalue weighted by Gasteiger charge is 2.50. The quantitative estimate of drug-likeness (QED) is 0.183. The van der Waals surface area contributed by atoms with Crippen molar-refractivity contribution < 1.29 is 37.1 Å². The summed E-state index contributed by atoms with van der Waals surface area (Å²) in [6.45, 7) is 5.90. The summed E-state index contributed by atoms with van der Waals surface area (Å²) in [6, 6.07) is 14.5. The Kier molecular flexibility index (Phi) is 9.36. The molecule has 3 N–H and O–H groups in total. The number of hydrogen-bond acceptors (Lipinski definition) is 9. The third-order valence-corrected chi connectivity index (χ3v) is 7.74. The number of ether oxygens (including phenoxy) is 3. The highest BCUT2D eigenvalue weighted by molar-refractivity contribution is 7.89. The molecule has 220 valence electrons. The van der Waals surface area contributed by atoms with Crippen LogP contribution in [-0.2, 0) is 35.5 Å². The van der Waals surface area contributed by atoms with Gasteiger partial charge in [0.15, 0.2) is 5.60 Å². The Morgan fingerprint density at radius 1 is 1.05 bits per heavy atom. The van der Waals surface area contributed by atoms with Gasteiger partial charge in [-0.1, -0.05) is 42.5 Å². The van der Waals surface area contributed by atoms with Crippen molar-refractivity contribution in [1.29, 1.82) is 0 Å². The van der Waals surface area contributed by atoms with Crippen LogP contribution in [0.25, 0.3) is 10.8 Å². The maximum atomic E-state index is 13.6. The van der Waals surface area contributed by atoms with Crippen LogP contribution in [0.2, 0.25) is 0 Å². The Balaban J connectivity index is 1.95. The highest BCUT2D eigenvalue weighted by Crippen LogP contribution is 2.31. The van der Waals surface area contributed by atoms with Crippen molar-refractivity contribution in [2.24, 2.45) is 5.73 Å². The van der Waals surface area contributed by atoms with E-state index in [1.165, 1.54) is 0 Å². The van der Waals surface area contributed by atoms with Gasteiger partial charge < -0.3 is 19.9 Å². The van der Waals surface area contributed by atoms with Gasteiger partial charge >= 0.3 is 5.97 Å². The van der Waals surface area contributed by atoms with E-state index in [1.807, 2.05) is 42.5 Å². The van der Waals surface area contributed by atoms with Crippen molar-refractivity contribution in [2.75, 3.05) is 13.7 Å². The van der Waals surface area contributed by atoms with E-state index in [-0.39, 0.29) is 12.4 Å². The van der Waals surface area contributed by atoms with Gasteiger partial charge in [-0.2, -0.15) is 4.72 Å². The average molecular weight is 588 g/mol. The summed E-state index contributed by atoms with van der Waals surface area (Å²) < 4.78 is 45.6. The zero-order chi connectivity index (χ0) is 30.6. The minimum absolute atomic E-state index is 0.0232. The second-order valence-corrected chi connectivity index (χ2v) is 12.1. The summed E-state index contributed by atoms with van der Waals surface area (Å²) in [5, 5.41) is 13.4. The van der Waals surface area contributed by atoms with Crippen molar-refractivity contribution >= 4 is 38.4 Å². The van der Waals surface area contributed by atoms with Crippen LogP contribution in [0.3, 0.4) is 0 Å². The summed E-state index contributed by atoms with van der Waals surface area (Å²) in [6.07, 6.45) is 0.362. The Bertz CT molecular complexity index is 1560. The lowest BCUT2D eigenvalue weighted by Crippen LogP contribution is -2.63. The minimum atomic E-state index is -4.66. The molecule has 0 heterocycles. The number of hydrogen-bond donors (Lipinski definition) is 2. The number of nitrogens with one attached hydrogen (secondary N) is 1. The molecular formula is C28H33N3O9S. The number of carbonyl (C=O) groups is 2. The normalized spacial score (nSPS) is 14.2. The molecule has 41 heavy (non-hydrogen) atoms. The summed E-state index contributed by atoms with van der Waals surface area (Å²) in [7, 11) is -3.56. The first-order valence-corrected chi connectivity index (χ1v) is 14.1. The Hall–Kier alpha value is -4.07. The van der Waals surface area contributed by atoms with Crippen LogP contribution in [0.5, 0.6) is 5.75 Å². The third kappa shape index (κ3) is 7.37. The first kappa shape index (κ1) is 31.5. The van der Waals surface area contributed by atoms with Crippen LogP contribution in [-0.4, -0.2) is 56.2 Å². The van der Waals surface area contributed by atoms with Crippen molar-refractivity contribution in [3.8, 4) is 5.75 Å². The molecular weight excluding hydrogens is 554 g/mol. The molecule has 0 saturated carbocycles. The second-order valence-electron chi connectivity index (χ2n) is 10.4. The lowest BCUT2D eigenvalue weighted by atomic mass is 9.96. The van der Waals surface area contributed by atoms with E-state index in [4.69, 9.17) is 19.9 Å². The number of esters is 1. The van der Waals surface area contributed by atoms with E-state index in [0.717, 1.165) is 48.6 Å². The standard InChI is InChI=1S/C28H33N3O9S/c1-27(2,3)40-26(33)28(4,38-5)24(25(29)32)30-41(36,37)23-14-13-20(31(34)35)17-22(23)39-16-15-19-11-8-10-18-9-6-7-12-21(18)19/h6-14,17,24,30H,15-16H2,1-5H3,(H2,29,32). The van der Waals surface area contributed by atoms with Crippen molar-refractivity contribution in [3.05, 3.63) is 76.3 Å². The van der Waals surface area contributed by atoms with Crippen LogP contribution in [0, 0.1) is 10.1 Å². The maximum absolute atomic E-state index is 13.6. The molecule has 2 unspecified atom stereocenters. The fourth-order valence-electron chi connectivity index (χ4n) is 4.09. The molecule has 0 radical (unpaired) electrons. The number of rotatable bonds is 12. The molecule has 0 aliphatic rings. The number of nitrogens with two attached hydrogens (primary N) is 1. The zero-order valence-electron chi connectivity index (χ0n) is 23.4. The summed E-state index contributed by atoms with van der Waals surface area (Å²) in [4.78, 5) is 35.6. The number of sulfonamides is 1. The Labute approximate surface area is 238 Å². The number of primary amides is 1. The number of non-ortho nitro benzene ring substituents is 1. The molecule has 3 aromatic rings. The summed E-state index contributed by atoms with van der Waals surface area (Å²) in [5.41, 5.74) is 2.89. The first-order chi connectivity index (χ1) is 19.1. The average Bonchev–Trinajstić information content (AvgIpc) is 2.90. The van der Waals surface area contributed by atoms with Gasteiger partial charge in [-0.05, 0) is 50.1 Å². The lowest BCUT2D eigenvalue weighted by Gasteiger charge is -2.35. The molecule has 0 aliphatic carbocycles. The SMILES string of the molecule is COC(C)(C(=O)OC(C)(C)C)C(NS(=O)(=O)c1ccc([N+](=O)[O-])cc1OCCc1cccc2ccccc12)C(N)=O. The summed E-state index contributed by atoms with van der Waals surface area (Å²) >= 11 is 0. The molecule has 13 heteroatoms. The van der Waals surface area contributed by atoms with E-state index in [2.05, 4.69) is 4.72 Å². The molecule has 1 amide bonds. The van der Waals surface area contributed by atoms with Crippen LogP contribution in [0.15, 0.2) is 65.6 Å². The monoisotopic (exact) mass is 587 g/mol. The smallest absolute Gasteiger partial charge is 0.340 e. The Morgan fingerprint density at radius 3 is 2.32 bits per heavy atom. The van der Waals surface area contributed by atoms with E-state index in [0.29, 0.717) is 6.42 Å². The van der Waals surface area contributed by atoms with Gasteiger partial charge in [0.2, 0.25) is 15.9 Å². The molecule has 12 nitrogen and oxygen atoms in total. The van der Waals surface area contributed by atoms with E-state index < -0.39 is 54.6 Å². The highest BCUT2D eigenvalue weighted by atomic mass is 32.2. The topological polar surface area (TPSA) is 177 Å². The van der Waals surface area contributed by atoms with Crippen molar-refractivity contribution in [1.82, 2.24) is 4.72 Å². The van der Waals surface area contributed by atoms with Gasteiger partial charge in [-0.25, -0.2) is 13.2 Å². The van der Waals surface area contributed by atoms with Crippen LogP contribution < -0.4 is 15.2 Å². The van der Waals surface area contributed by atoms with Crippen molar-refractivity contribution in [3.63, 3.8) is 0 Å². The molecule has 0 aliphatic heterocycles. The number of nitro groups is 1. The molecule has 0 bridgehead atoms. The van der Waals surface area contributed by atoms with Gasteiger partial charge in [-0.3, -0.25) is 14.9 Å². The fraction of sp³-hybridized carbons (Fsp3) is 0.357. The number of nitrogens with zero attached hydrogens (tertiary/aromatic N) is 1.